The molecule has 0 aliphatic rings. The third-order valence-electron chi connectivity index (χ3n) is 2.44. The number of carboxylic acid groups (broad SMARTS) is 1. The van der Waals surface area contributed by atoms with E-state index < -0.39 is 5.97 Å². The Hall–Kier alpha value is -2.49. The van der Waals surface area contributed by atoms with Crippen LogP contribution >= 0.6 is 0 Å². The van der Waals surface area contributed by atoms with E-state index in [4.69, 9.17) is 5.11 Å². The molecule has 0 heterocycles. The Morgan fingerprint density at radius 1 is 0.941 bits per heavy atom. The molecule has 2 aromatic rings. The van der Waals surface area contributed by atoms with Crippen molar-refractivity contribution in [2.75, 3.05) is 0 Å². The van der Waals surface area contributed by atoms with Crippen molar-refractivity contribution in [3.8, 4) is 22.6 Å². The van der Waals surface area contributed by atoms with Crippen molar-refractivity contribution in [2.24, 2.45) is 0 Å². The summed E-state index contributed by atoms with van der Waals surface area (Å²) in [6.45, 7) is 0. The second-order valence-corrected chi connectivity index (χ2v) is 3.55. The van der Waals surface area contributed by atoms with E-state index in [1.54, 1.807) is 18.2 Å². The first kappa shape index (κ1) is 11.0. The van der Waals surface area contributed by atoms with Gasteiger partial charge in [-0.05, 0) is 23.8 Å². The Bertz CT molecular complexity index is 575. The van der Waals surface area contributed by atoms with E-state index in [9.17, 15) is 15.0 Å². The maximum atomic E-state index is 10.7. The lowest BCUT2D eigenvalue weighted by Crippen LogP contribution is -1.96. The number of hydrogen-bond donors (Lipinski definition) is 3. The van der Waals surface area contributed by atoms with Crippen LogP contribution in [0.1, 0.15) is 10.4 Å². The van der Waals surface area contributed by atoms with Crippen molar-refractivity contribution in [2.45, 2.75) is 0 Å². The van der Waals surface area contributed by atoms with Crippen LogP contribution in [0.4, 0.5) is 0 Å². The second-order valence-electron chi connectivity index (χ2n) is 3.55. The highest BCUT2D eigenvalue weighted by atomic mass is 16.4. The largest absolute Gasteiger partial charge is 0.507 e. The molecule has 17 heavy (non-hydrogen) atoms. The van der Waals surface area contributed by atoms with Gasteiger partial charge in [-0.3, -0.25) is 0 Å². The summed E-state index contributed by atoms with van der Waals surface area (Å²) in [6, 6.07) is 10.8. The Balaban J connectivity index is 2.52. The summed E-state index contributed by atoms with van der Waals surface area (Å²) in [7, 11) is 0. The molecule has 0 bridgehead atoms. The van der Waals surface area contributed by atoms with Gasteiger partial charge in [-0.1, -0.05) is 24.3 Å². The highest BCUT2D eigenvalue weighted by Gasteiger charge is 2.11. The fourth-order valence-electron chi connectivity index (χ4n) is 1.60. The molecule has 4 heteroatoms. The quantitative estimate of drug-likeness (QED) is 0.740. The van der Waals surface area contributed by atoms with Crippen LogP contribution in [0.3, 0.4) is 0 Å². The van der Waals surface area contributed by atoms with E-state index in [1.165, 1.54) is 24.3 Å². The van der Waals surface area contributed by atoms with Crippen LogP contribution in [0.25, 0.3) is 11.1 Å². The van der Waals surface area contributed by atoms with Crippen molar-refractivity contribution < 1.29 is 20.1 Å². The van der Waals surface area contributed by atoms with Crippen molar-refractivity contribution in [1.29, 1.82) is 0 Å². The minimum absolute atomic E-state index is 0.0787. The molecule has 0 unspecified atom stereocenters. The maximum absolute atomic E-state index is 10.7. The molecule has 0 aromatic heterocycles. The lowest BCUT2D eigenvalue weighted by Gasteiger charge is -2.06. The van der Waals surface area contributed by atoms with Crippen molar-refractivity contribution in [3.05, 3.63) is 48.0 Å². The van der Waals surface area contributed by atoms with Gasteiger partial charge in [0.2, 0.25) is 0 Å². The van der Waals surface area contributed by atoms with Gasteiger partial charge in [0.15, 0.2) is 0 Å². The number of hydrogen-bond acceptors (Lipinski definition) is 3. The Morgan fingerprint density at radius 2 is 1.65 bits per heavy atom. The first-order chi connectivity index (χ1) is 8.09. The van der Waals surface area contributed by atoms with Crippen LogP contribution in [0, 0.1) is 0 Å². The molecular formula is C13H10O4. The molecule has 2 aromatic carbocycles. The minimum atomic E-state index is -1.19. The van der Waals surface area contributed by atoms with E-state index in [0.29, 0.717) is 11.1 Å². The fourth-order valence-corrected chi connectivity index (χ4v) is 1.60. The highest BCUT2D eigenvalue weighted by Crippen LogP contribution is 2.31. The van der Waals surface area contributed by atoms with Gasteiger partial charge >= 0.3 is 5.97 Å². The van der Waals surface area contributed by atoms with Crippen molar-refractivity contribution in [1.82, 2.24) is 0 Å². The SMILES string of the molecule is O=C(O)c1ccc(-c2ccccc2O)cc1O. The average Bonchev–Trinajstić information content (AvgIpc) is 2.29. The first-order valence-electron chi connectivity index (χ1n) is 4.94. The molecule has 0 fully saturated rings. The number of benzene rings is 2. The van der Waals surface area contributed by atoms with Gasteiger partial charge in [0.1, 0.15) is 17.1 Å². The molecule has 0 aliphatic carbocycles. The zero-order valence-electron chi connectivity index (χ0n) is 8.79. The zero-order valence-corrected chi connectivity index (χ0v) is 8.79. The molecule has 0 spiro atoms. The number of aromatic carboxylic acids is 1. The third-order valence-corrected chi connectivity index (χ3v) is 2.44. The number of phenols is 2. The van der Waals surface area contributed by atoms with Crippen LogP contribution < -0.4 is 0 Å². The van der Waals surface area contributed by atoms with Crippen LogP contribution in [-0.2, 0) is 0 Å². The number of rotatable bonds is 2. The molecule has 0 radical (unpaired) electrons. The average molecular weight is 230 g/mol. The number of carbonyl (C=O) groups is 1. The van der Waals surface area contributed by atoms with E-state index in [0.717, 1.165) is 0 Å². The normalized spacial score (nSPS) is 10.1. The van der Waals surface area contributed by atoms with Gasteiger partial charge < -0.3 is 15.3 Å². The van der Waals surface area contributed by atoms with Gasteiger partial charge in [0.25, 0.3) is 0 Å². The predicted octanol–water partition coefficient (Wildman–Crippen LogP) is 2.46. The molecule has 4 nitrogen and oxygen atoms in total. The third kappa shape index (κ3) is 2.06. The van der Waals surface area contributed by atoms with Crippen LogP contribution in [0.2, 0.25) is 0 Å². The Kier molecular flexibility index (Phi) is 2.70. The van der Waals surface area contributed by atoms with Gasteiger partial charge in [-0.2, -0.15) is 0 Å². The van der Waals surface area contributed by atoms with E-state index in [-0.39, 0.29) is 17.1 Å². The number of phenolic OH excluding ortho intramolecular Hbond substituents is 1. The lowest BCUT2D eigenvalue weighted by atomic mass is 10.0. The summed E-state index contributed by atoms with van der Waals surface area (Å²) in [6.07, 6.45) is 0. The molecule has 0 aliphatic heterocycles. The summed E-state index contributed by atoms with van der Waals surface area (Å²) < 4.78 is 0. The molecular weight excluding hydrogens is 220 g/mol. The Morgan fingerprint density at radius 3 is 2.24 bits per heavy atom. The van der Waals surface area contributed by atoms with Crippen molar-refractivity contribution >= 4 is 5.97 Å². The summed E-state index contributed by atoms with van der Waals surface area (Å²) in [5, 5.41) is 28.0. The minimum Gasteiger partial charge on any atom is -0.507 e. The molecule has 0 amide bonds. The Labute approximate surface area is 97.4 Å². The maximum Gasteiger partial charge on any atom is 0.339 e. The summed E-state index contributed by atoms with van der Waals surface area (Å²) in [5.74, 6) is -1.43. The number of aromatic hydroxyl groups is 2. The van der Waals surface area contributed by atoms with Gasteiger partial charge in [0, 0.05) is 5.56 Å². The van der Waals surface area contributed by atoms with Crippen LogP contribution in [0.5, 0.6) is 11.5 Å². The van der Waals surface area contributed by atoms with Crippen molar-refractivity contribution in [3.63, 3.8) is 0 Å². The molecule has 0 saturated carbocycles. The molecule has 86 valence electrons. The smallest absolute Gasteiger partial charge is 0.339 e. The molecule has 0 saturated heterocycles. The standard InChI is InChI=1S/C13H10O4/c14-11-4-2-1-3-9(11)8-5-6-10(13(16)17)12(15)7-8/h1-7,14-15H,(H,16,17). The number of carboxylic acids is 1. The van der Waals surface area contributed by atoms with E-state index in [2.05, 4.69) is 0 Å². The summed E-state index contributed by atoms with van der Waals surface area (Å²) in [4.78, 5) is 10.7. The zero-order chi connectivity index (χ0) is 12.4. The second kappa shape index (κ2) is 4.17. The highest BCUT2D eigenvalue weighted by molar-refractivity contribution is 5.92. The molecule has 2 rings (SSSR count). The van der Waals surface area contributed by atoms with E-state index >= 15 is 0 Å². The van der Waals surface area contributed by atoms with Crippen LogP contribution in [-0.4, -0.2) is 21.3 Å². The predicted molar refractivity (Wildman–Crippen MR) is 62.2 cm³/mol. The van der Waals surface area contributed by atoms with Gasteiger partial charge in [0.05, 0.1) is 0 Å². The molecule has 3 N–H and O–H groups in total. The topological polar surface area (TPSA) is 77.8 Å². The fraction of sp³-hybridized carbons (Fsp3) is 0. The lowest BCUT2D eigenvalue weighted by molar-refractivity contribution is 0.0694. The summed E-state index contributed by atoms with van der Waals surface area (Å²) in [5.41, 5.74) is 0.939. The number of para-hydroxylation sites is 1. The van der Waals surface area contributed by atoms with Gasteiger partial charge in [-0.15, -0.1) is 0 Å². The first-order valence-corrected chi connectivity index (χ1v) is 4.94. The molecule has 0 atom stereocenters. The van der Waals surface area contributed by atoms with Gasteiger partial charge in [-0.25, -0.2) is 4.79 Å². The van der Waals surface area contributed by atoms with E-state index in [1.807, 2.05) is 0 Å². The summed E-state index contributed by atoms with van der Waals surface area (Å²) >= 11 is 0. The van der Waals surface area contributed by atoms with Crippen LogP contribution in [0.15, 0.2) is 42.5 Å². The monoisotopic (exact) mass is 230 g/mol.